The van der Waals surface area contributed by atoms with E-state index in [4.69, 9.17) is 0 Å². The number of hydrogen-bond donors (Lipinski definition) is 0. The van der Waals surface area contributed by atoms with Crippen molar-refractivity contribution in [2.75, 3.05) is 0 Å². The fraction of sp³-hybridized carbons (Fsp3) is 0. The van der Waals surface area contributed by atoms with Gasteiger partial charge in [0.2, 0.25) is 0 Å². The Kier molecular flexibility index (Phi) is 6.41. The molecule has 0 atom stereocenters. The summed E-state index contributed by atoms with van der Waals surface area (Å²) in [5.41, 5.74) is 14.1. The number of hydrogen-bond acceptors (Lipinski definition) is 0. The molecule has 0 saturated carbocycles. The van der Waals surface area contributed by atoms with E-state index in [1.807, 2.05) is 0 Å². The molecule has 58 heavy (non-hydrogen) atoms. The third-order valence-corrected chi connectivity index (χ3v) is 12.3. The van der Waals surface area contributed by atoms with Crippen LogP contribution in [-0.4, -0.2) is 18.3 Å². The largest absolute Gasteiger partial charge is 0.307 e. The van der Waals surface area contributed by atoms with E-state index < -0.39 is 0 Å². The molecule has 0 amide bonds. The van der Waals surface area contributed by atoms with Gasteiger partial charge in [0.05, 0.1) is 61.2 Å². The Labute approximate surface area is 333 Å². The Morgan fingerprint density at radius 3 is 1.12 bits per heavy atom. The van der Waals surface area contributed by atoms with Crippen molar-refractivity contribution in [2.45, 2.75) is 0 Å². The van der Waals surface area contributed by atoms with Crippen molar-refractivity contribution >= 4 is 87.2 Å². The molecule has 4 aromatic heterocycles. The zero-order valence-corrected chi connectivity index (χ0v) is 31.4. The van der Waals surface area contributed by atoms with Crippen LogP contribution in [0.1, 0.15) is 0 Å². The van der Waals surface area contributed by atoms with Crippen molar-refractivity contribution in [3.05, 3.63) is 206 Å². The van der Waals surface area contributed by atoms with Gasteiger partial charge >= 0.3 is 0 Å². The maximum atomic E-state index is 2.53. The van der Waals surface area contributed by atoms with E-state index in [-0.39, 0.29) is 0 Å². The van der Waals surface area contributed by atoms with Gasteiger partial charge in [-0.25, -0.2) is 0 Å². The second kappa shape index (κ2) is 11.8. The van der Waals surface area contributed by atoms with Gasteiger partial charge in [0.25, 0.3) is 0 Å². The summed E-state index contributed by atoms with van der Waals surface area (Å²) in [5, 5.41) is 9.88. The summed E-state index contributed by atoms with van der Waals surface area (Å²) < 4.78 is 9.94. The summed E-state index contributed by atoms with van der Waals surface area (Å²) in [7, 11) is 0. The topological polar surface area (TPSA) is 19.7 Å². The lowest BCUT2D eigenvalue weighted by Crippen LogP contribution is -2.02. The maximum absolute atomic E-state index is 2.53. The molecule has 4 nitrogen and oxygen atoms in total. The molecule has 0 saturated heterocycles. The highest BCUT2D eigenvalue weighted by molar-refractivity contribution is 6.20. The summed E-state index contributed by atoms with van der Waals surface area (Å²) in [5.74, 6) is 0. The van der Waals surface area contributed by atoms with Gasteiger partial charge < -0.3 is 18.3 Å². The fourth-order valence-electron chi connectivity index (χ4n) is 10.1. The molecule has 13 rings (SSSR count). The van der Waals surface area contributed by atoms with Crippen LogP contribution in [0.2, 0.25) is 0 Å². The average Bonchev–Trinajstić information content (AvgIpc) is 4.02. The second-order valence-electron chi connectivity index (χ2n) is 15.3. The highest BCUT2D eigenvalue weighted by atomic mass is 15.1. The molecule has 0 N–H and O–H groups in total. The molecule has 9 aromatic carbocycles. The molecule has 0 spiro atoms. The predicted molar refractivity (Wildman–Crippen MR) is 244 cm³/mol. The molecule has 0 fully saturated rings. The lowest BCUT2D eigenvalue weighted by atomic mass is 10.1. The monoisotopic (exact) mass is 738 g/mol. The smallest absolute Gasteiger partial charge is 0.0782 e. The van der Waals surface area contributed by atoms with E-state index >= 15 is 0 Å². The van der Waals surface area contributed by atoms with Gasteiger partial charge in [0.15, 0.2) is 0 Å². The average molecular weight is 739 g/mol. The highest BCUT2D eigenvalue weighted by Gasteiger charge is 2.24. The van der Waals surface area contributed by atoms with E-state index in [0.29, 0.717) is 0 Å². The number of aromatic nitrogens is 4. The minimum absolute atomic E-state index is 1.14. The van der Waals surface area contributed by atoms with Crippen LogP contribution in [0.4, 0.5) is 0 Å². The van der Waals surface area contributed by atoms with Crippen LogP contribution in [-0.2, 0) is 0 Å². The Hall–Kier alpha value is -7.82. The maximum Gasteiger partial charge on any atom is 0.0782 e. The lowest BCUT2D eigenvalue weighted by molar-refractivity contribution is 1.12. The van der Waals surface area contributed by atoms with Crippen molar-refractivity contribution < 1.29 is 0 Å². The van der Waals surface area contributed by atoms with E-state index in [1.165, 1.54) is 81.7 Å². The quantitative estimate of drug-likeness (QED) is 0.171. The first-order valence-electron chi connectivity index (χ1n) is 20.0. The van der Waals surface area contributed by atoms with Crippen molar-refractivity contribution in [3.8, 4) is 22.7 Å². The summed E-state index contributed by atoms with van der Waals surface area (Å²) in [6.45, 7) is 0. The number of para-hydroxylation sites is 8. The van der Waals surface area contributed by atoms with Crippen molar-refractivity contribution in [1.82, 2.24) is 18.3 Å². The third kappa shape index (κ3) is 4.13. The Balaban J connectivity index is 1.18. The number of rotatable bonds is 4. The molecule has 270 valence electrons. The normalized spacial score (nSPS) is 12.1. The Morgan fingerprint density at radius 1 is 0.207 bits per heavy atom. The first-order valence-corrected chi connectivity index (χ1v) is 20.0. The summed E-state index contributed by atoms with van der Waals surface area (Å²) in [6, 6.07) is 75.4. The van der Waals surface area contributed by atoms with E-state index in [1.54, 1.807) is 0 Å². The molecule has 13 aromatic rings. The van der Waals surface area contributed by atoms with Gasteiger partial charge in [0, 0.05) is 48.8 Å². The van der Waals surface area contributed by atoms with Crippen molar-refractivity contribution in [2.24, 2.45) is 0 Å². The molecule has 0 aliphatic rings. The van der Waals surface area contributed by atoms with Crippen LogP contribution in [0.5, 0.6) is 0 Å². The van der Waals surface area contributed by atoms with Crippen LogP contribution in [0.15, 0.2) is 206 Å². The highest BCUT2D eigenvalue weighted by Crippen LogP contribution is 2.44. The number of fused-ring (bicyclic) bond motifs is 12. The molecule has 4 heterocycles. The fourth-order valence-corrected chi connectivity index (χ4v) is 10.1. The van der Waals surface area contributed by atoms with E-state index in [0.717, 1.165) is 28.3 Å². The zero-order chi connectivity index (χ0) is 37.9. The first-order chi connectivity index (χ1) is 28.8. The molecule has 0 bridgehead atoms. The van der Waals surface area contributed by atoms with Crippen molar-refractivity contribution in [1.29, 1.82) is 0 Å². The van der Waals surface area contributed by atoms with Crippen LogP contribution in [0.25, 0.3) is 110 Å². The third-order valence-electron chi connectivity index (χ3n) is 12.3. The standard InChI is InChI=1S/C54H34N4/c1-2-17-35(18-3-1)55-43-26-9-6-21-38(43)40-24-14-33-50(53(40)55)57-47-30-13-8-23-42(47)52-48(57)31-16-32-49(52)58-46-29-12-7-22-39(46)41-25-15-34-51(54(41)58)56-44-27-10-4-19-36(44)37-20-5-11-28-45(37)56/h1-34H. The van der Waals surface area contributed by atoms with Gasteiger partial charge in [-0.2, -0.15) is 0 Å². The molecule has 0 aliphatic heterocycles. The summed E-state index contributed by atoms with van der Waals surface area (Å²) in [6.07, 6.45) is 0. The van der Waals surface area contributed by atoms with E-state index in [9.17, 15) is 0 Å². The van der Waals surface area contributed by atoms with Crippen LogP contribution >= 0.6 is 0 Å². The Morgan fingerprint density at radius 2 is 0.552 bits per heavy atom. The van der Waals surface area contributed by atoms with Gasteiger partial charge in [-0.1, -0.05) is 140 Å². The molecule has 4 heteroatoms. The Bertz CT molecular complexity index is 3740. The van der Waals surface area contributed by atoms with Gasteiger partial charge in [-0.3, -0.25) is 0 Å². The molecular weight excluding hydrogens is 705 g/mol. The molecular formula is C54H34N4. The van der Waals surface area contributed by atoms with E-state index in [2.05, 4.69) is 225 Å². The van der Waals surface area contributed by atoms with Crippen LogP contribution < -0.4 is 0 Å². The van der Waals surface area contributed by atoms with Gasteiger partial charge in [0.1, 0.15) is 0 Å². The number of benzene rings is 9. The predicted octanol–water partition coefficient (Wildman–Crippen LogP) is 14.1. The summed E-state index contributed by atoms with van der Waals surface area (Å²) >= 11 is 0. The zero-order valence-electron chi connectivity index (χ0n) is 31.4. The van der Waals surface area contributed by atoms with Gasteiger partial charge in [-0.05, 0) is 66.7 Å². The summed E-state index contributed by atoms with van der Waals surface area (Å²) in [4.78, 5) is 0. The minimum Gasteiger partial charge on any atom is -0.307 e. The van der Waals surface area contributed by atoms with Gasteiger partial charge in [-0.15, -0.1) is 0 Å². The number of nitrogens with zero attached hydrogens (tertiary/aromatic N) is 4. The van der Waals surface area contributed by atoms with Crippen LogP contribution in [0, 0.1) is 0 Å². The minimum atomic E-state index is 1.14. The SMILES string of the molecule is c1ccc(-n2c3ccccc3c3cccc(-n4c5ccccc5c5c(-n6c7ccccc7c7cccc(-n8c9ccccc9c9ccccc98)c76)cccc54)c32)cc1. The first kappa shape index (κ1) is 31.4. The second-order valence-corrected chi connectivity index (χ2v) is 15.3. The molecule has 0 aliphatic carbocycles. The van der Waals surface area contributed by atoms with Crippen LogP contribution in [0.3, 0.4) is 0 Å². The molecule has 0 radical (unpaired) electrons. The molecule has 0 unspecified atom stereocenters. The van der Waals surface area contributed by atoms with Crippen molar-refractivity contribution in [3.63, 3.8) is 0 Å². The lowest BCUT2D eigenvalue weighted by Gasteiger charge is -2.16.